The lowest BCUT2D eigenvalue weighted by Crippen LogP contribution is -2.41. The number of nitrogens with zero attached hydrogens (tertiary/aromatic N) is 2. The van der Waals surface area contributed by atoms with Gasteiger partial charge in [0.15, 0.2) is 5.82 Å². The minimum Gasteiger partial charge on any atom is -0.228 e. The van der Waals surface area contributed by atoms with Crippen LogP contribution >= 0.6 is 0 Å². The number of hydrogen-bond donors (Lipinski definition) is 0. The van der Waals surface area contributed by atoms with Gasteiger partial charge < -0.3 is 0 Å². The van der Waals surface area contributed by atoms with E-state index < -0.39 is 5.41 Å². The van der Waals surface area contributed by atoms with E-state index in [4.69, 9.17) is 9.97 Å². The van der Waals surface area contributed by atoms with Gasteiger partial charge >= 0.3 is 0 Å². The molecule has 0 N–H and O–H groups in total. The lowest BCUT2D eigenvalue weighted by atomic mass is 9.54. The number of hydrogen-bond acceptors (Lipinski definition) is 2. The van der Waals surface area contributed by atoms with Crippen molar-refractivity contribution in [2.24, 2.45) is 0 Å². The highest BCUT2D eigenvalue weighted by Gasteiger charge is 2.53. The highest BCUT2D eigenvalue weighted by Crippen LogP contribution is 2.63. The lowest BCUT2D eigenvalue weighted by Gasteiger charge is -2.47. The van der Waals surface area contributed by atoms with E-state index >= 15 is 0 Å². The average molecular weight is 815 g/mol. The first-order valence-electron chi connectivity index (χ1n) is 22.3. The van der Waals surface area contributed by atoms with Crippen molar-refractivity contribution in [2.75, 3.05) is 0 Å². The summed E-state index contributed by atoms with van der Waals surface area (Å²) in [5.41, 5.74) is 17.2. The molecule has 0 fully saturated rings. The van der Waals surface area contributed by atoms with Crippen LogP contribution in [0.1, 0.15) is 47.2 Å². The molecule has 0 unspecified atom stereocenters. The molecule has 0 radical (unpaired) electrons. The molecule has 1 spiro atoms. The Hall–Kier alpha value is -7.94. The fourth-order valence-corrected chi connectivity index (χ4v) is 11.7. The molecule has 2 nitrogen and oxygen atoms in total. The Labute approximate surface area is 373 Å². The Bertz CT molecular complexity index is 3630. The van der Waals surface area contributed by atoms with E-state index in [1.807, 2.05) is 0 Å². The highest BCUT2D eigenvalue weighted by atomic mass is 14.9. The van der Waals surface area contributed by atoms with Crippen LogP contribution in [0.2, 0.25) is 0 Å². The van der Waals surface area contributed by atoms with Gasteiger partial charge in [0.2, 0.25) is 0 Å². The molecule has 10 aromatic carbocycles. The normalized spacial score (nSPS) is 14.0. The summed E-state index contributed by atoms with van der Waals surface area (Å²) in [4.78, 5) is 10.8. The van der Waals surface area contributed by atoms with Crippen LogP contribution in [0.4, 0.5) is 0 Å². The average Bonchev–Trinajstić information content (AvgIpc) is 3.66. The number of rotatable bonds is 4. The summed E-state index contributed by atoms with van der Waals surface area (Å²) in [6.45, 7) is 4.83. The second-order valence-corrected chi connectivity index (χ2v) is 18.0. The van der Waals surface area contributed by atoms with Crippen LogP contribution < -0.4 is 0 Å². The molecule has 64 heavy (non-hydrogen) atoms. The molecule has 13 rings (SSSR count). The second kappa shape index (κ2) is 13.8. The Balaban J connectivity index is 1.06. The molecule has 0 aliphatic heterocycles. The molecule has 300 valence electrons. The molecule has 0 saturated heterocycles. The molecule has 0 atom stereocenters. The van der Waals surface area contributed by atoms with Crippen LogP contribution in [0, 0.1) is 0 Å². The Kier molecular flexibility index (Phi) is 7.90. The van der Waals surface area contributed by atoms with Crippen molar-refractivity contribution < 1.29 is 0 Å². The smallest absolute Gasteiger partial charge is 0.160 e. The first-order valence-corrected chi connectivity index (χ1v) is 22.3. The van der Waals surface area contributed by atoms with Gasteiger partial charge in [0.1, 0.15) is 0 Å². The Morgan fingerprint density at radius 2 is 0.766 bits per heavy atom. The maximum Gasteiger partial charge on any atom is 0.160 e. The van der Waals surface area contributed by atoms with Crippen molar-refractivity contribution in [1.29, 1.82) is 0 Å². The molecule has 2 aliphatic rings. The van der Waals surface area contributed by atoms with Gasteiger partial charge in [-0.2, -0.15) is 0 Å². The highest BCUT2D eigenvalue weighted by molar-refractivity contribution is 6.25. The topological polar surface area (TPSA) is 25.8 Å². The Morgan fingerprint density at radius 3 is 1.42 bits per heavy atom. The van der Waals surface area contributed by atoms with Gasteiger partial charge in [-0.25, -0.2) is 9.97 Å². The maximum atomic E-state index is 5.44. The molecule has 11 aromatic rings. The molecular weight excluding hydrogens is 773 g/mol. The minimum absolute atomic E-state index is 0.322. The summed E-state index contributed by atoms with van der Waals surface area (Å²) < 4.78 is 0. The zero-order valence-electron chi connectivity index (χ0n) is 35.7. The van der Waals surface area contributed by atoms with Crippen LogP contribution in [0.5, 0.6) is 0 Å². The SMILES string of the molecule is CC1(C)c2ccccc2C2(c3ccccc3-c3ccccc32)c2cccc(-c3ccccc3-c3cc(-c4ccc5c6ccccc6c6ccccc6c5c4)nc(-c4ccccc4)n3)c21. The van der Waals surface area contributed by atoms with Gasteiger partial charge in [-0.3, -0.25) is 0 Å². The third kappa shape index (κ3) is 5.08. The summed E-state index contributed by atoms with van der Waals surface area (Å²) in [7, 11) is 0. The fourth-order valence-electron chi connectivity index (χ4n) is 11.7. The number of fused-ring (bicyclic) bond motifs is 15. The molecule has 2 aliphatic carbocycles. The lowest BCUT2D eigenvalue weighted by molar-refractivity contribution is 0.565. The molecular formula is C62H42N2. The van der Waals surface area contributed by atoms with Crippen molar-refractivity contribution >= 4 is 32.3 Å². The van der Waals surface area contributed by atoms with Crippen molar-refractivity contribution in [1.82, 2.24) is 9.97 Å². The van der Waals surface area contributed by atoms with Gasteiger partial charge in [-0.05, 0) is 100 Å². The standard InChI is InChI=1S/C62H42N2/c1-61(2)54-32-16-17-33-55(54)62(52-30-14-12-26-47(52)48-27-13-15-31-53(48)62)56-34-18-29-50(59(56)61)45-25-10-11-28-49(45)58-38-57(63-60(64-58)39-19-4-3-5-20-39)40-35-36-46-43-23-7-6-21-41(43)42-22-8-9-24-44(42)51(46)37-40/h3-38H,1-2H3. The maximum absolute atomic E-state index is 5.44. The summed E-state index contributed by atoms with van der Waals surface area (Å²) in [6.07, 6.45) is 0. The largest absolute Gasteiger partial charge is 0.228 e. The van der Waals surface area contributed by atoms with Crippen LogP contribution in [0.25, 0.3) is 88.5 Å². The molecule has 0 bridgehead atoms. The zero-order chi connectivity index (χ0) is 42.6. The third-order valence-corrected chi connectivity index (χ3v) is 14.3. The summed E-state index contributed by atoms with van der Waals surface area (Å²) in [6, 6.07) is 80.2. The van der Waals surface area contributed by atoms with E-state index in [1.165, 1.54) is 82.4 Å². The van der Waals surface area contributed by atoms with E-state index in [0.717, 1.165) is 33.6 Å². The van der Waals surface area contributed by atoms with E-state index in [0.29, 0.717) is 5.82 Å². The Morgan fingerprint density at radius 1 is 0.297 bits per heavy atom. The first kappa shape index (κ1) is 36.7. The van der Waals surface area contributed by atoms with Crippen molar-refractivity contribution in [3.05, 3.63) is 252 Å². The predicted octanol–water partition coefficient (Wildman–Crippen LogP) is 15.6. The molecule has 1 heterocycles. The van der Waals surface area contributed by atoms with Gasteiger partial charge in [0, 0.05) is 22.1 Å². The summed E-state index contributed by atoms with van der Waals surface area (Å²) in [5, 5.41) is 7.48. The van der Waals surface area contributed by atoms with E-state index in [9.17, 15) is 0 Å². The third-order valence-electron chi connectivity index (χ3n) is 14.3. The van der Waals surface area contributed by atoms with Crippen molar-refractivity contribution in [3.63, 3.8) is 0 Å². The second-order valence-electron chi connectivity index (χ2n) is 18.0. The van der Waals surface area contributed by atoms with Crippen molar-refractivity contribution in [2.45, 2.75) is 24.7 Å². The number of aromatic nitrogens is 2. The van der Waals surface area contributed by atoms with Gasteiger partial charge in [0.05, 0.1) is 16.8 Å². The summed E-state index contributed by atoms with van der Waals surface area (Å²) in [5.74, 6) is 0.703. The van der Waals surface area contributed by atoms with Crippen LogP contribution in [0.3, 0.4) is 0 Å². The quantitative estimate of drug-likeness (QED) is 0.165. The van der Waals surface area contributed by atoms with Gasteiger partial charge in [-0.1, -0.05) is 220 Å². The van der Waals surface area contributed by atoms with Crippen LogP contribution in [-0.4, -0.2) is 9.97 Å². The van der Waals surface area contributed by atoms with E-state index in [2.05, 4.69) is 232 Å². The van der Waals surface area contributed by atoms with Crippen molar-refractivity contribution in [3.8, 4) is 56.2 Å². The van der Waals surface area contributed by atoms with Crippen LogP contribution in [0.15, 0.2) is 218 Å². The summed E-state index contributed by atoms with van der Waals surface area (Å²) >= 11 is 0. The zero-order valence-corrected chi connectivity index (χ0v) is 35.7. The van der Waals surface area contributed by atoms with Gasteiger partial charge in [0.25, 0.3) is 0 Å². The molecule has 0 amide bonds. The molecule has 0 saturated carbocycles. The predicted molar refractivity (Wildman–Crippen MR) is 266 cm³/mol. The fraction of sp³-hybridized carbons (Fsp3) is 0.0645. The molecule has 2 heteroatoms. The number of benzene rings is 10. The van der Waals surface area contributed by atoms with Crippen LogP contribution in [-0.2, 0) is 10.8 Å². The van der Waals surface area contributed by atoms with E-state index in [-0.39, 0.29) is 5.41 Å². The molecule has 1 aromatic heterocycles. The van der Waals surface area contributed by atoms with E-state index in [1.54, 1.807) is 0 Å². The first-order chi connectivity index (χ1) is 31.5. The van der Waals surface area contributed by atoms with Gasteiger partial charge in [-0.15, -0.1) is 0 Å². The minimum atomic E-state index is -0.478. The monoisotopic (exact) mass is 814 g/mol.